The molecule has 1 heterocycles. The Morgan fingerprint density at radius 2 is 1.96 bits per heavy atom. The molecule has 150 valence electrons. The van der Waals surface area contributed by atoms with Crippen LogP contribution in [0, 0.1) is 0 Å². The zero-order valence-corrected chi connectivity index (χ0v) is 16.5. The molecule has 9 nitrogen and oxygen atoms in total. The van der Waals surface area contributed by atoms with E-state index in [0.29, 0.717) is 25.3 Å². The van der Waals surface area contributed by atoms with Gasteiger partial charge in [-0.15, -0.1) is 0 Å². The number of carbonyl (C=O) groups excluding carboxylic acids is 2. The first-order valence-electron chi connectivity index (χ1n) is 8.42. The van der Waals surface area contributed by atoms with Crippen molar-refractivity contribution in [2.24, 2.45) is 0 Å². The van der Waals surface area contributed by atoms with Crippen LogP contribution in [-0.4, -0.2) is 70.6 Å². The van der Waals surface area contributed by atoms with Crippen molar-refractivity contribution in [2.45, 2.75) is 23.8 Å². The van der Waals surface area contributed by atoms with Crippen molar-refractivity contribution in [3.63, 3.8) is 0 Å². The van der Waals surface area contributed by atoms with Gasteiger partial charge >= 0.3 is 0 Å². The molecule has 2 rings (SSSR count). The third-order valence-electron chi connectivity index (χ3n) is 4.36. The van der Waals surface area contributed by atoms with E-state index >= 15 is 0 Å². The molecule has 1 fully saturated rings. The van der Waals surface area contributed by atoms with Crippen LogP contribution < -0.4 is 10.6 Å². The molecule has 2 amide bonds. The Balaban J connectivity index is 1.95. The molecule has 1 aromatic rings. The molecule has 1 saturated heterocycles. The van der Waals surface area contributed by atoms with Crippen LogP contribution in [0.25, 0.3) is 0 Å². The SMILES string of the molecule is CO[C@@]1(CNC(=O)CN(C)S(=O)(=O)c2ccc(NC(C)=O)cc2)CCOC1. The van der Waals surface area contributed by atoms with Gasteiger partial charge in [0.15, 0.2) is 0 Å². The lowest BCUT2D eigenvalue weighted by Crippen LogP contribution is -2.47. The number of hydrogen-bond donors (Lipinski definition) is 2. The third-order valence-corrected chi connectivity index (χ3v) is 6.17. The van der Waals surface area contributed by atoms with Gasteiger partial charge in [-0.3, -0.25) is 9.59 Å². The molecule has 0 saturated carbocycles. The first kappa shape index (κ1) is 21.3. The summed E-state index contributed by atoms with van der Waals surface area (Å²) in [4.78, 5) is 23.2. The van der Waals surface area contributed by atoms with Crippen molar-refractivity contribution in [1.29, 1.82) is 0 Å². The number of amides is 2. The number of ether oxygens (including phenoxy) is 2. The van der Waals surface area contributed by atoms with Crippen LogP contribution >= 0.6 is 0 Å². The van der Waals surface area contributed by atoms with Gasteiger partial charge < -0.3 is 20.1 Å². The molecule has 0 unspecified atom stereocenters. The van der Waals surface area contributed by atoms with Crippen molar-refractivity contribution in [1.82, 2.24) is 9.62 Å². The quantitative estimate of drug-likeness (QED) is 0.645. The second-order valence-electron chi connectivity index (χ2n) is 6.43. The fourth-order valence-electron chi connectivity index (χ4n) is 2.66. The van der Waals surface area contributed by atoms with Gasteiger partial charge in [-0.2, -0.15) is 4.31 Å². The largest absolute Gasteiger partial charge is 0.378 e. The predicted octanol–water partition coefficient (Wildman–Crippen LogP) is 0.187. The highest BCUT2D eigenvalue weighted by Gasteiger charge is 2.35. The van der Waals surface area contributed by atoms with Crippen molar-refractivity contribution in [3.05, 3.63) is 24.3 Å². The number of hydrogen-bond acceptors (Lipinski definition) is 6. The number of sulfonamides is 1. The first-order chi connectivity index (χ1) is 12.7. The molecule has 27 heavy (non-hydrogen) atoms. The molecule has 10 heteroatoms. The van der Waals surface area contributed by atoms with E-state index in [0.717, 1.165) is 4.31 Å². The maximum atomic E-state index is 12.6. The van der Waals surface area contributed by atoms with Gasteiger partial charge in [0.2, 0.25) is 21.8 Å². The van der Waals surface area contributed by atoms with Crippen LogP contribution in [0.4, 0.5) is 5.69 Å². The molecule has 1 aromatic carbocycles. The van der Waals surface area contributed by atoms with E-state index in [4.69, 9.17) is 9.47 Å². The monoisotopic (exact) mass is 399 g/mol. The van der Waals surface area contributed by atoms with Crippen LogP contribution in [-0.2, 0) is 29.1 Å². The Labute approximate surface area is 159 Å². The Hall–Kier alpha value is -2.01. The van der Waals surface area contributed by atoms with Crippen LogP contribution in [0.1, 0.15) is 13.3 Å². The third kappa shape index (κ3) is 5.48. The lowest BCUT2D eigenvalue weighted by Gasteiger charge is -2.26. The van der Waals surface area contributed by atoms with Gasteiger partial charge in [-0.25, -0.2) is 8.42 Å². The van der Waals surface area contributed by atoms with Gasteiger partial charge in [0.25, 0.3) is 0 Å². The summed E-state index contributed by atoms with van der Waals surface area (Å²) in [6, 6.07) is 5.74. The Bertz CT molecular complexity index is 772. The Morgan fingerprint density at radius 1 is 1.30 bits per heavy atom. The second-order valence-corrected chi connectivity index (χ2v) is 8.48. The van der Waals surface area contributed by atoms with E-state index in [9.17, 15) is 18.0 Å². The number of likely N-dealkylation sites (N-methyl/N-ethyl adjacent to an activating group) is 1. The standard InChI is InChI=1S/C17H25N3O6S/c1-13(21)19-14-4-6-15(7-5-14)27(23,24)20(2)10-16(22)18-11-17(25-3)8-9-26-12-17/h4-7H,8-12H2,1-3H3,(H,18,22)(H,19,21)/t17-/m1/s1. The van der Waals surface area contributed by atoms with E-state index < -0.39 is 21.5 Å². The molecule has 0 radical (unpaired) electrons. The number of methoxy groups -OCH3 is 1. The molecule has 1 atom stereocenters. The molecule has 1 aliphatic rings. The van der Waals surface area contributed by atoms with Crippen LogP contribution in [0.3, 0.4) is 0 Å². The molecule has 2 N–H and O–H groups in total. The molecule has 1 aliphatic heterocycles. The highest BCUT2D eigenvalue weighted by atomic mass is 32.2. The van der Waals surface area contributed by atoms with Gasteiger partial charge in [-0.05, 0) is 24.3 Å². The first-order valence-corrected chi connectivity index (χ1v) is 9.86. The minimum absolute atomic E-state index is 0.0319. The maximum absolute atomic E-state index is 12.6. The Kier molecular flexibility index (Phi) is 6.93. The van der Waals surface area contributed by atoms with E-state index in [1.165, 1.54) is 38.2 Å². The van der Waals surface area contributed by atoms with E-state index in [2.05, 4.69) is 10.6 Å². The van der Waals surface area contributed by atoms with Gasteiger partial charge in [0.1, 0.15) is 5.60 Å². The summed E-state index contributed by atoms with van der Waals surface area (Å²) >= 11 is 0. The minimum atomic E-state index is -3.83. The number of benzene rings is 1. The molecular weight excluding hydrogens is 374 g/mol. The fourth-order valence-corrected chi connectivity index (χ4v) is 3.78. The van der Waals surface area contributed by atoms with Crippen molar-refractivity contribution in [2.75, 3.05) is 45.8 Å². The molecule has 0 bridgehead atoms. The Morgan fingerprint density at radius 3 is 2.48 bits per heavy atom. The molecule has 0 aliphatic carbocycles. The summed E-state index contributed by atoms with van der Waals surface area (Å²) in [5.74, 6) is -0.680. The summed E-state index contributed by atoms with van der Waals surface area (Å²) in [5.41, 5.74) is -0.0717. The summed E-state index contributed by atoms with van der Waals surface area (Å²) in [6.07, 6.45) is 0.665. The second kappa shape index (κ2) is 8.79. The summed E-state index contributed by atoms with van der Waals surface area (Å²) in [7, 11) is -0.941. The predicted molar refractivity (Wildman–Crippen MR) is 98.7 cm³/mol. The average Bonchev–Trinajstić information content (AvgIpc) is 3.09. The average molecular weight is 399 g/mol. The van der Waals surface area contributed by atoms with E-state index in [1.54, 1.807) is 7.11 Å². The maximum Gasteiger partial charge on any atom is 0.243 e. The van der Waals surface area contributed by atoms with Crippen molar-refractivity contribution >= 4 is 27.5 Å². The van der Waals surface area contributed by atoms with Crippen molar-refractivity contribution < 1.29 is 27.5 Å². The van der Waals surface area contributed by atoms with Gasteiger partial charge in [0.05, 0.1) is 18.0 Å². The normalized spacial score (nSPS) is 19.9. The van der Waals surface area contributed by atoms with Crippen LogP contribution in [0.15, 0.2) is 29.2 Å². The molecule has 0 aromatic heterocycles. The van der Waals surface area contributed by atoms with Gasteiger partial charge in [0, 0.05) is 46.3 Å². The molecular formula is C17H25N3O6S. The minimum Gasteiger partial charge on any atom is -0.378 e. The highest BCUT2D eigenvalue weighted by Crippen LogP contribution is 2.21. The van der Waals surface area contributed by atoms with Gasteiger partial charge in [-0.1, -0.05) is 0 Å². The molecule has 0 spiro atoms. The highest BCUT2D eigenvalue weighted by molar-refractivity contribution is 7.89. The zero-order valence-electron chi connectivity index (χ0n) is 15.6. The fraction of sp³-hybridized carbons (Fsp3) is 0.529. The summed E-state index contributed by atoms with van der Waals surface area (Å²) < 4.78 is 36.9. The van der Waals surface area contributed by atoms with Crippen LogP contribution in [0.2, 0.25) is 0 Å². The number of nitrogens with one attached hydrogen (secondary N) is 2. The van der Waals surface area contributed by atoms with Crippen LogP contribution in [0.5, 0.6) is 0 Å². The lowest BCUT2D eigenvalue weighted by molar-refractivity contribution is -0.122. The van der Waals surface area contributed by atoms with E-state index in [-0.39, 0.29) is 23.9 Å². The number of carbonyl (C=O) groups is 2. The topological polar surface area (TPSA) is 114 Å². The lowest BCUT2D eigenvalue weighted by atomic mass is 10.0. The number of anilines is 1. The summed E-state index contributed by atoms with van der Waals surface area (Å²) in [5, 5.41) is 5.27. The van der Waals surface area contributed by atoms with Crippen molar-refractivity contribution in [3.8, 4) is 0 Å². The number of nitrogens with zero attached hydrogens (tertiary/aromatic N) is 1. The summed E-state index contributed by atoms with van der Waals surface area (Å²) in [6.45, 7) is 2.24. The zero-order chi connectivity index (χ0) is 20.1. The smallest absolute Gasteiger partial charge is 0.243 e. The van der Waals surface area contributed by atoms with E-state index in [1.807, 2.05) is 0 Å². The number of rotatable bonds is 8.